The summed E-state index contributed by atoms with van der Waals surface area (Å²) in [5, 5.41) is 1.18. The van der Waals surface area contributed by atoms with Crippen LogP contribution in [0.2, 0.25) is 0 Å². The molecule has 3 atom stereocenters. The number of carbonyl (C=O) groups is 1. The Morgan fingerprint density at radius 2 is 1.76 bits per heavy atom. The number of rotatable bonds is 6. The molecule has 1 aromatic heterocycles. The summed E-state index contributed by atoms with van der Waals surface area (Å²) in [5.41, 5.74) is 20.9. The summed E-state index contributed by atoms with van der Waals surface area (Å²) in [6.07, 6.45) is 8.48. The number of benzene rings is 3. The van der Waals surface area contributed by atoms with Crippen molar-refractivity contribution in [2.45, 2.75) is 43.3 Å². The van der Waals surface area contributed by atoms with Gasteiger partial charge < -0.3 is 20.8 Å². The second-order valence-corrected chi connectivity index (χ2v) is 10.9. The molecule has 0 spiro atoms. The predicted molar refractivity (Wildman–Crippen MR) is 148 cm³/mol. The van der Waals surface area contributed by atoms with E-state index in [0.29, 0.717) is 18.1 Å². The van der Waals surface area contributed by atoms with E-state index in [1.807, 2.05) is 18.2 Å². The lowest BCUT2D eigenvalue weighted by atomic mass is 9.77. The van der Waals surface area contributed by atoms with Crippen LogP contribution in [0.5, 0.6) is 5.75 Å². The number of fused-ring (bicyclic) bond motifs is 1. The maximum atomic E-state index is 11.7. The van der Waals surface area contributed by atoms with Gasteiger partial charge in [-0.15, -0.1) is 0 Å². The van der Waals surface area contributed by atoms with Crippen LogP contribution in [0, 0.1) is 5.92 Å². The fourth-order valence-electron chi connectivity index (χ4n) is 6.47. The number of nitrogens with zero attached hydrogens (tertiary/aromatic N) is 1. The Bertz CT molecular complexity index is 1550. The van der Waals surface area contributed by atoms with Crippen molar-refractivity contribution in [2.75, 3.05) is 6.61 Å². The molecule has 1 aliphatic heterocycles. The number of aldehydes is 1. The molecule has 5 nitrogen and oxygen atoms in total. The number of aromatic nitrogens is 1. The molecule has 2 aliphatic carbocycles. The number of nitrogens with two attached hydrogens (primary N) is 2. The van der Waals surface area contributed by atoms with Crippen molar-refractivity contribution in [2.24, 2.45) is 17.4 Å². The van der Waals surface area contributed by atoms with Gasteiger partial charge in [0.15, 0.2) is 0 Å². The Morgan fingerprint density at radius 3 is 2.54 bits per heavy atom. The van der Waals surface area contributed by atoms with E-state index in [1.54, 1.807) is 0 Å². The maximum Gasteiger partial charge on any atom is 0.150 e. The zero-order chi connectivity index (χ0) is 25.1. The van der Waals surface area contributed by atoms with Gasteiger partial charge in [-0.05, 0) is 72.2 Å². The van der Waals surface area contributed by atoms with E-state index in [9.17, 15) is 4.79 Å². The van der Waals surface area contributed by atoms with Gasteiger partial charge in [0, 0.05) is 40.2 Å². The molecule has 2 unspecified atom stereocenters. The minimum atomic E-state index is -0.781. The lowest BCUT2D eigenvalue weighted by Gasteiger charge is -2.38. The van der Waals surface area contributed by atoms with E-state index in [1.165, 1.54) is 29.3 Å². The molecule has 3 aliphatic rings. The van der Waals surface area contributed by atoms with Gasteiger partial charge in [-0.2, -0.15) is 0 Å². The molecule has 0 bridgehead atoms. The van der Waals surface area contributed by atoms with E-state index in [4.69, 9.17) is 16.2 Å². The average molecular weight is 490 g/mol. The normalized spacial score (nSPS) is 24.4. The third kappa shape index (κ3) is 3.57. The predicted octanol–water partition coefficient (Wildman–Crippen LogP) is 5.77. The number of carbonyl (C=O) groups excluding carboxylic acids is 1. The molecule has 1 saturated carbocycles. The topological polar surface area (TPSA) is 83.3 Å². The molecule has 0 saturated heterocycles. The largest absolute Gasteiger partial charge is 0.493 e. The summed E-state index contributed by atoms with van der Waals surface area (Å²) in [5.74, 6) is 1.49. The SMILES string of the molecule is NC1c2cc(C=O)cc3c2C(CCO3)[C@]1(N)c1cc2cc(C=Cc3ccccc3)ccc2n1CC1CC1. The van der Waals surface area contributed by atoms with Crippen molar-refractivity contribution in [3.05, 3.63) is 100 Å². The second kappa shape index (κ2) is 8.44. The van der Waals surface area contributed by atoms with Gasteiger partial charge in [0.05, 0.1) is 18.2 Å². The van der Waals surface area contributed by atoms with Crippen LogP contribution < -0.4 is 16.2 Å². The van der Waals surface area contributed by atoms with Gasteiger partial charge in [-0.25, -0.2) is 0 Å². The molecule has 4 N–H and O–H groups in total. The number of hydrogen-bond donors (Lipinski definition) is 2. The first kappa shape index (κ1) is 22.5. The molecular formula is C32H31N3O2. The molecule has 4 aromatic rings. The molecule has 1 fully saturated rings. The summed E-state index contributed by atoms with van der Waals surface area (Å²) < 4.78 is 8.42. The summed E-state index contributed by atoms with van der Waals surface area (Å²) in [6.45, 7) is 1.53. The molecule has 186 valence electrons. The number of ether oxygens (including phenoxy) is 1. The lowest BCUT2D eigenvalue weighted by Crippen LogP contribution is -2.49. The molecule has 2 heterocycles. The van der Waals surface area contributed by atoms with Crippen LogP contribution in [0.4, 0.5) is 0 Å². The molecule has 7 rings (SSSR count). The highest BCUT2D eigenvalue weighted by Gasteiger charge is 2.54. The Hall–Kier alpha value is -3.67. The van der Waals surface area contributed by atoms with Crippen LogP contribution in [-0.2, 0) is 12.1 Å². The van der Waals surface area contributed by atoms with E-state index in [2.05, 4.69) is 65.3 Å². The summed E-state index contributed by atoms with van der Waals surface area (Å²) in [7, 11) is 0. The third-order valence-electron chi connectivity index (χ3n) is 8.55. The highest BCUT2D eigenvalue weighted by Crippen LogP contribution is 2.58. The lowest BCUT2D eigenvalue weighted by molar-refractivity contribution is 0.112. The van der Waals surface area contributed by atoms with Gasteiger partial charge in [0.1, 0.15) is 12.0 Å². The molecule has 5 heteroatoms. The Labute approximate surface area is 216 Å². The first-order valence-electron chi connectivity index (χ1n) is 13.2. The van der Waals surface area contributed by atoms with Gasteiger partial charge in [0.2, 0.25) is 0 Å². The Kier molecular flexibility index (Phi) is 5.14. The fraction of sp³-hybridized carbons (Fsp3) is 0.281. The first-order chi connectivity index (χ1) is 18.1. The summed E-state index contributed by atoms with van der Waals surface area (Å²) in [6, 6.07) is 22.6. The van der Waals surface area contributed by atoms with E-state index in [0.717, 1.165) is 47.4 Å². The molecule has 0 radical (unpaired) electrons. The van der Waals surface area contributed by atoms with Crippen molar-refractivity contribution in [1.82, 2.24) is 4.57 Å². The van der Waals surface area contributed by atoms with Crippen LogP contribution in [0.25, 0.3) is 23.1 Å². The van der Waals surface area contributed by atoms with Crippen LogP contribution in [0.1, 0.15) is 69.5 Å². The summed E-state index contributed by atoms with van der Waals surface area (Å²) in [4.78, 5) is 11.7. The van der Waals surface area contributed by atoms with Crippen molar-refractivity contribution in [3.8, 4) is 5.75 Å². The van der Waals surface area contributed by atoms with Crippen molar-refractivity contribution >= 4 is 29.3 Å². The monoisotopic (exact) mass is 489 g/mol. The minimum Gasteiger partial charge on any atom is -0.493 e. The molecule has 37 heavy (non-hydrogen) atoms. The zero-order valence-corrected chi connectivity index (χ0v) is 20.8. The second-order valence-electron chi connectivity index (χ2n) is 10.9. The highest BCUT2D eigenvalue weighted by molar-refractivity contribution is 5.86. The maximum absolute atomic E-state index is 11.7. The summed E-state index contributed by atoms with van der Waals surface area (Å²) >= 11 is 0. The van der Waals surface area contributed by atoms with Crippen molar-refractivity contribution in [1.29, 1.82) is 0 Å². The van der Waals surface area contributed by atoms with Gasteiger partial charge in [0.25, 0.3) is 0 Å². The third-order valence-corrected chi connectivity index (χ3v) is 8.55. The Morgan fingerprint density at radius 1 is 0.946 bits per heavy atom. The van der Waals surface area contributed by atoms with Crippen LogP contribution in [-0.4, -0.2) is 17.5 Å². The van der Waals surface area contributed by atoms with Gasteiger partial charge in [-0.1, -0.05) is 48.6 Å². The van der Waals surface area contributed by atoms with Crippen molar-refractivity contribution in [3.63, 3.8) is 0 Å². The van der Waals surface area contributed by atoms with Crippen LogP contribution in [0.3, 0.4) is 0 Å². The molecule has 3 aromatic carbocycles. The van der Waals surface area contributed by atoms with Gasteiger partial charge >= 0.3 is 0 Å². The first-order valence-corrected chi connectivity index (χ1v) is 13.2. The standard InChI is InChI=1S/C32H31N3O2/c33-31-25-15-23(19-36)16-28-30(25)26(12-13-37-28)32(31,34)29-17-24-14-21(7-6-20-4-2-1-3-5-20)10-11-27(24)35(29)18-22-8-9-22/h1-7,10-11,14-17,19,22,26,31H,8-9,12-13,18,33-34H2/t26?,31?,32-/m0/s1. The highest BCUT2D eigenvalue weighted by atomic mass is 16.5. The van der Waals surface area contributed by atoms with E-state index < -0.39 is 11.6 Å². The molecule has 0 amide bonds. The quantitative estimate of drug-likeness (QED) is 0.266. The number of hydrogen-bond acceptors (Lipinski definition) is 4. The average Bonchev–Trinajstić information content (AvgIpc) is 3.65. The van der Waals surface area contributed by atoms with Crippen LogP contribution in [0.15, 0.2) is 66.7 Å². The smallest absolute Gasteiger partial charge is 0.150 e. The van der Waals surface area contributed by atoms with Crippen molar-refractivity contribution < 1.29 is 9.53 Å². The van der Waals surface area contributed by atoms with E-state index in [-0.39, 0.29) is 5.92 Å². The van der Waals surface area contributed by atoms with E-state index >= 15 is 0 Å². The zero-order valence-electron chi connectivity index (χ0n) is 20.8. The Balaban J connectivity index is 1.36. The minimum absolute atomic E-state index is 0.0432. The van der Waals surface area contributed by atoms with Gasteiger partial charge in [-0.3, -0.25) is 4.79 Å². The molecular weight excluding hydrogens is 458 g/mol. The fourth-order valence-corrected chi connectivity index (χ4v) is 6.47. The van der Waals surface area contributed by atoms with Crippen LogP contribution >= 0.6 is 0 Å².